The number of aromatic nitrogens is 1. The average molecular weight is 399 g/mol. The number of rotatable bonds is 8. The third kappa shape index (κ3) is 5.92. The van der Waals surface area contributed by atoms with Crippen molar-refractivity contribution in [3.63, 3.8) is 0 Å². The lowest BCUT2D eigenvalue weighted by atomic mass is 10.1. The van der Waals surface area contributed by atoms with E-state index in [0.29, 0.717) is 18.0 Å². The Morgan fingerprint density at radius 2 is 1.97 bits per heavy atom. The van der Waals surface area contributed by atoms with Gasteiger partial charge in [0.05, 0.1) is 12.7 Å². The van der Waals surface area contributed by atoms with Crippen LogP contribution >= 0.6 is 0 Å². The van der Waals surface area contributed by atoms with Crippen molar-refractivity contribution >= 4 is 11.8 Å². The Bertz CT molecular complexity index is 804. The highest BCUT2D eigenvalue weighted by Gasteiger charge is 2.23. The summed E-state index contributed by atoms with van der Waals surface area (Å²) in [5.74, 6) is 1.14. The maximum absolute atomic E-state index is 12.4. The van der Waals surface area contributed by atoms with Crippen LogP contribution in [0, 0.1) is 0 Å². The Labute approximate surface area is 171 Å². The first kappa shape index (κ1) is 21.1. The number of hydrogen-bond donors (Lipinski definition) is 1. The predicted octanol–water partition coefficient (Wildman–Crippen LogP) is 2.34. The van der Waals surface area contributed by atoms with Crippen molar-refractivity contribution in [2.75, 3.05) is 44.3 Å². The van der Waals surface area contributed by atoms with E-state index >= 15 is 0 Å². The molecular formula is C22H29N3O4. The number of aliphatic hydroxyl groups is 1. The molecule has 0 aliphatic carbocycles. The summed E-state index contributed by atoms with van der Waals surface area (Å²) in [6.07, 6.45) is 1.55. The first-order valence-corrected chi connectivity index (χ1v) is 10.0. The molecule has 0 spiro atoms. The predicted molar refractivity (Wildman–Crippen MR) is 111 cm³/mol. The summed E-state index contributed by atoms with van der Waals surface area (Å²) in [6, 6.07) is 11.5. The van der Waals surface area contributed by atoms with Crippen molar-refractivity contribution < 1.29 is 19.4 Å². The third-order valence-electron chi connectivity index (χ3n) is 4.69. The zero-order chi connectivity index (χ0) is 20.6. The van der Waals surface area contributed by atoms with Gasteiger partial charge in [0.1, 0.15) is 23.7 Å². The maximum Gasteiger partial charge on any atom is 0.342 e. The monoisotopic (exact) mass is 399 g/mol. The molecule has 3 rings (SSSR count). The van der Waals surface area contributed by atoms with Crippen LogP contribution < -0.4 is 9.64 Å². The second kappa shape index (κ2) is 10.2. The van der Waals surface area contributed by atoms with Crippen LogP contribution in [0.15, 0.2) is 42.6 Å². The first-order chi connectivity index (χ1) is 14.1. The summed E-state index contributed by atoms with van der Waals surface area (Å²) in [4.78, 5) is 21.4. The van der Waals surface area contributed by atoms with Crippen molar-refractivity contribution in [2.45, 2.75) is 26.5 Å². The number of carbonyl (C=O) groups is 1. The molecule has 0 radical (unpaired) electrons. The summed E-state index contributed by atoms with van der Waals surface area (Å²) in [6.45, 7) is 8.15. The van der Waals surface area contributed by atoms with E-state index in [4.69, 9.17) is 14.6 Å². The number of aliphatic hydroxyl groups excluding tert-OH is 1. The van der Waals surface area contributed by atoms with Crippen molar-refractivity contribution in [2.24, 2.45) is 0 Å². The number of piperazine rings is 1. The van der Waals surface area contributed by atoms with E-state index in [1.807, 2.05) is 32.0 Å². The van der Waals surface area contributed by atoms with Crippen LogP contribution in [0.3, 0.4) is 0 Å². The summed E-state index contributed by atoms with van der Waals surface area (Å²) in [5, 5.41) is 8.90. The van der Waals surface area contributed by atoms with E-state index in [-0.39, 0.29) is 18.7 Å². The van der Waals surface area contributed by atoms with Gasteiger partial charge in [-0.25, -0.2) is 9.78 Å². The molecule has 7 heteroatoms. The maximum atomic E-state index is 12.4. The molecule has 1 aliphatic heterocycles. The number of carbonyl (C=O) groups excluding carboxylic acids is 1. The third-order valence-corrected chi connectivity index (χ3v) is 4.69. The molecule has 0 unspecified atom stereocenters. The van der Waals surface area contributed by atoms with Gasteiger partial charge >= 0.3 is 5.97 Å². The number of anilines is 1. The van der Waals surface area contributed by atoms with Gasteiger partial charge in [0.15, 0.2) is 0 Å². The molecule has 1 saturated heterocycles. The molecule has 7 nitrogen and oxygen atoms in total. The lowest BCUT2D eigenvalue weighted by Gasteiger charge is -2.36. The normalized spacial score (nSPS) is 14.8. The van der Waals surface area contributed by atoms with Gasteiger partial charge in [0.2, 0.25) is 0 Å². The average Bonchev–Trinajstić information content (AvgIpc) is 2.72. The molecule has 0 atom stereocenters. The summed E-state index contributed by atoms with van der Waals surface area (Å²) in [7, 11) is 0. The van der Waals surface area contributed by atoms with Crippen LogP contribution in [-0.2, 0) is 11.3 Å². The first-order valence-electron chi connectivity index (χ1n) is 10.0. The molecule has 1 fully saturated rings. The quantitative estimate of drug-likeness (QED) is 0.683. The minimum absolute atomic E-state index is 0.00636. The Kier molecular flexibility index (Phi) is 7.43. The highest BCUT2D eigenvalue weighted by Crippen LogP contribution is 2.22. The summed E-state index contributed by atoms with van der Waals surface area (Å²) in [5.41, 5.74) is 1.69. The van der Waals surface area contributed by atoms with Gasteiger partial charge in [0, 0.05) is 38.9 Å². The number of benzene rings is 1. The molecule has 0 saturated carbocycles. The van der Waals surface area contributed by atoms with Crippen LogP contribution in [0.5, 0.6) is 5.75 Å². The van der Waals surface area contributed by atoms with E-state index in [1.54, 1.807) is 18.3 Å². The number of hydrogen-bond acceptors (Lipinski definition) is 7. The molecule has 1 N–H and O–H groups in total. The van der Waals surface area contributed by atoms with Crippen molar-refractivity contribution in [3.05, 3.63) is 53.7 Å². The van der Waals surface area contributed by atoms with E-state index in [0.717, 1.165) is 38.5 Å². The van der Waals surface area contributed by atoms with E-state index in [1.165, 1.54) is 5.56 Å². The molecule has 29 heavy (non-hydrogen) atoms. The lowest BCUT2D eigenvalue weighted by molar-refractivity contribution is 0.0378. The van der Waals surface area contributed by atoms with Crippen molar-refractivity contribution in [1.29, 1.82) is 0 Å². The van der Waals surface area contributed by atoms with Crippen LogP contribution in [-0.4, -0.2) is 66.5 Å². The molecule has 156 valence electrons. The van der Waals surface area contributed by atoms with E-state index in [2.05, 4.69) is 20.9 Å². The molecule has 1 aromatic carbocycles. The number of ether oxygens (including phenoxy) is 2. The fraction of sp³-hybridized carbons (Fsp3) is 0.455. The fourth-order valence-corrected chi connectivity index (χ4v) is 3.36. The Hall–Kier alpha value is -2.64. The molecule has 1 aliphatic rings. The highest BCUT2D eigenvalue weighted by atomic mass is 16.5. The fourth-order valence-electron chi connectivity index (χ4n) is 3.36. The van der Waals surface area contributed by atoms with Gasteiger partial charge in [0.25, 0.3) is 0 Å². The largest absolute Gasteiger partial charge is 0.491 e. The minimum Gasteiger partial charge on any atom is -0.491 e. The number of nitrogens with zero attached hydrogens (tertiary/aromatic N) is 3. The summed E-state index contributed by atoms with van der Waals surface area (Å²) < 4.78 is 10.9. The van der Waals surface area contributed by atoms with Gasteiger partial charge in [-0.3, -0.25) is 4.90 Å². The van der Waals surface area contributed by atoms with Crippen molar-refractivity contribution in [1.82, 2.24) is 9.88 Å². The Morgan fingerprint density at radius 1 is 1.17 bits per heavy atom. The number of pyridine rings is 1. The molecule has 2 heterocycles. The smallest absolute Gasteiger partial charge is 0.342 e. The lowest BCUT2D eigenvalue weighted by Crippen LogP contribution is -2.46. The second-order valence-corrected chi connectivity index (χ2v) is 7.31. The zero-order valence-corrected chi connectivity index (χ0v) is 17.1. The molecule has 0 amide bonds. The van der Waals surface area contributed by atoms with E-state index < -0.39 is 0 Å². The minimum atomic E-state index is -0.328. The Morgan fingerprint density at radius 3 is 2.69 bits per heavy atom. The van der Waals surface area contributed by atoms with Gasteiger partial charge in [-0.2, -0.15) is 0 Å². The molecule has 0 bridgehead atoms. The standard InChI is InChI=1S/C22H29N3O4/c1-17(2)29-22(27)20-7-4-8-23-21(20)25-11-9-24(10-12-25)16-18-5-3-6-19(15-18)28-14-13-26/h3-8,15,17,26H,9-14,16H2,1-2H3. The van der Waals surface area contributed by atoms with Crippen molar-refractivity contribution in [3.8, 4) is 5.75 Å². The molecule has 1 aromatic heterocycles. The molecule has 2 aromatic rings. The van der Waals surface area contributed by atoms with E-state index in [9.17, 15) is 4.79 Å². The van der Waals surface area contributed by atoms with Gasteiger partial charge in [-0.15, -0.1) is 0 Å². The highest BCUT2D eigenvalue weighted by molar-refractivity contribution is 5.94. The SMILES string of the molecule is CC(C)OC(=O)c1cccnc1N1CCN(Cc2cccc(OCCO)c2)CC1. The van der Waals surface area contributed by atoms with Crippen LogP contribution in [0.1, 0.15) is 29.8 Å². The van der Waals surface area contributed by atoms with Gasteiger partial charge < -0.3 is 19.5 Å². The molecular weight excluding hydrogens is 370 g/mol. The second-order valence-electron chi connectivity index (χ2n) is 7.31. The van der Waals surface area contributed by atoms with Crippen LogP contribution in [0.25, 0.3) is 0 Å². The Balaban J connectivity index is 1.59. The summed E-state index contributed by atoms with van der Waals surface area (Å²) >= 11 is 0. The number of esters is 1. The van der Waals surface area contributed by atoms with Crippen LogP contribution in [0.2, 0.25) is 0 Å². The van der Waals surface area contributed by atoms with Gasteiger partial charge in [-0.1, -0.05) is 12.1 Å². The van der Waals surface area contributed by atoms with Gasteiger partial charge in [-0.05, 0) is 43.7 Å². The van der Waals surface area contributed by atoms with Crippen LogP contribution in [0.4, 0.5) is 5.82 Å². The zero-order valence-electron chi connectivity index (χ0n) is 17.1. The topological polar surface area (TPSA) is 75.1 Å².